The van der Waals surface area contributed by atoms with Crippen LogP contribution in [0.4, 0.5) is 0 Å². The predicted molar refractivity (Wildman–Crippen MR) is 67.8 cm³/mol. The smallest absolute Gasteiger partial charge is 0.0965 e. The highest BCUT2D eigenvalue weighted by molar-refractivity contribution is 4.94. The van der Waals surface area contributed by atoms with Crippen molar-refractivity contribution in [1.82, 2.24) is 20.3 Å². The third-order valence-electron chi connectivity index (χ3n) is 2.43. The van der Waals surface area contributed by atoms with Crippen molar-refractivity contribution in [2.45, 2.75) is 52.7 Å². The number of hydrogen-bond donors (Lipinski definition) is 1. The summed E-state index contributed by atoms with van der Waals surface area (Å²) in [4.78, 5) is 0. The van der Waals surface area contributed by atoms with Gasteiger partial charge in [0.05, 0.1) is 24.0 Å². The topological polar surface area (TPSA) is 52.0 Å². The molecule has 1 aromatic heterocycles. The molecule has 5 nitrogen and oxygen atoms in total. The normalized spacial score (nSPS) is 13.9. The number of nitrogens with one attached hydrogen (secondary N) is 1. The third kappa shape index (κ3) is 4.83. The largest absolute Gasteiger partial charge is 0.380 e. The molecule has 1 atom stereocenters. The van der Waals surface area contributed by atoms with Crippen molar-refractivity contribution in [3.05, 3.63) is 11.9 Å². The summed E-state index contributed by atoms with van der Waals surface area (Å²) in [5.74, 6) is 0. The van der Waals surface area contributed by atoms with Gasteiger partial charge < -0.3 is 10.1 Å². The van der Waals surface area contributed by atoms with Crippen LogP contribution in [0.15, 0.2) is 6.20 Å². The Morgan fingerprint density at radius 1 is 1.47 bits per heavy atom. The number of ether oxygens (including phenoxy) is 1. The molecular formula is C12H24N4O. The summed E-state index contributed by atoms with van der Waals surface area (Å²) in [6.45, 7) is 12.6. The van der Waals surface area contributed by atoms with Crippen molar-refractivity contribution in [3.63, 3.8) is 0 Å². The molecule has 0 aliphatic heterocycles. The zero-order chi connectivity index (χ0) is 12.9. The van der Waals surface area contributed by atoms with Crippen molar-refractivity contribution < 1.29 is 4.74 Å². The first-order valence-electron chi connectivity index (χ1n) is 6.16. The maximum atomic E-state index is 5.34. The summed E-state index contributed by atoms with van der Waals surface area (Å²) in [6, 6.07) is 0.328. The summed E-state index contributed by atoms with van der Waals surface area (Å²) >= 11 is 0. The van der Waals surface area contributed by atoms with E-state index in [1.807, 2.05) is 17.8 Å². The van der Waals surface area contributed by atoms with Gasteiger partial charge in [0.2, 0.25) is 0 Å². The zero-order valence-corrected chi connectivity index (χ0v) is 11.5. The van der Waals surface area contributed by atoms with Gasteiger partial charge in [-0.2, -0.15) is 0 Å². The van der Waals surface area contributed by atoms with E-state index >= 15 is 0 Å². The van der Waals surface area contributed by atoms with Gasteiger partial charge in [-0.1, -0.05) is 5.21 Å². The van der Waals surface area contributed by atoms with Gasteiger partial charge in [-0.25, -0.2) is 4.68 Å². The van der Waals surface area contributed by atoms with Gasteiger partial charge in [0.15, 0.2) is 0 Å². The molecule has 0 radical (unpaired) electrons. The summed E-state index contributed by atoms with van der Waals surface area (Å²) in [6.07, 6.45) is 1.99. The van der Waals surface area contributed by atoms with E-state index in [1.54, 1.807) is 0 Å². The summed E-state index contributed by atoms with van der Waals surface area (Å²) in [5, 5.41) is 11.6. The van der Waals surface area contributed by atoms with Gasteiger partial charge in [0.25, 0.3) is 0 Å². The molecule has 1 rings (SSSR count). The standard InChI is InChI=1S/C12H24N4O/c1-6-17-9-10(2)13-7-11-8-16(15-14-11)12(3,4)5/h8,10,13H,6-7,9H2,1-5H3. The Labute approximate surface area is 104 Å². The van der Waals surface area contributed by atoms with Crippen LogP contribution in [0.1, 0.15) is 40.3 Å². The van der Waals surface area contributed by atoms with Gasteiger partial charge >= 0.3 is 0 Å². The van der Waals surface area contributed by atoms with Crippen LogP contribution in [0, 0.1) is 0 Å². The van der Waals surface area contributed by atoms with Crippen LogP contribution in [0.3, 0.4) is 0 Å². The molecule has 0 saturated carbocycles. The van der Waals surface area contributed by atoms with Gasteiger partial charge in [-0.05, 0) is 34.6 Å². The van der Waals surface area contributed by atoms with Crippen LogP contribution < -0.4 is 5.32 Å². The molecule has 0 saturated heterocycles. The van der Waals surface area contributed by atoms with Gasteiger partial charge in [0, 0.05) is 19.2 Å². The monoisotopic (exact) mass is 240 g/mol. The highest BCUT2D eigenvalue weighted by Gasteiger charge is 2.15. The molecule has 0 bridgehead atoms. The minimum atomic E-state index is -0.0117. The van der Waals surface area contributed by atoms with Crippen LogP contribution >= 0.6 is 0 Å². The molecule has 1 unspecified atom stereocenters. The lowest BCUT2D eigenvalue weighted by Crippen LogP contribution is -2.30. The number of rotatable bonds is 6. The Kier molecular flexibility index (Phi) is 5.08. The van der Waals surface area contributed by atoms with E-state index in [0.717, 1.165) is 25.5 Å². The molecule has 0 spiro atoms. The summed E-state index contributed by atoms with van der Waals surface area (Å²) in [5.41, 5.74) is 0.950. The van der Waals surface area contributed by atoms with Crippen LogP contribution in [0.5, 0.6) is 0 Å². The number of nitrogens with zero attached hydrogens (tertiary/aromatic N) is 3. The van der Waals surface area contributed by atoms with Crippen LogP contribution in [0.2, 0.25) is 0 Å². The molecule has 1 N–H and O–H groups in total. The minimum absolute atomic E-state index is 0.0117. The molecule has 0 fully saturated rings. The van der Waals surface area contributed by atoms with Gasteiger partial charge in [-0.15, -0.1) is 5.10 Å². The lowest BCUT2D eigenvalue weighted by molar-refractivity contribution is 0.127. The molecule has 1 heterocycles. The average Bonchev–Trinajstić information content (AvgIpc) is 2.71. The lowest BCUT2D eigenvalue weighted by atomic mass is 10.1. The van der Waals surface area contributed by atoms with Crippen molar-refractivity contribution in [3.8, 4) is 0 Å². The molecule has 1 aromatic rings. The van der Waals surface area contributed by atoms with Crippen molar-refractivity contribution >= 4 is 0 Å². The van der Waals surface area contributed by atoms with Gasteiger partial charge in [0.1, 0.15) is 0 Å². The Hall–Kier alpha value is -0.940. The Morgan fingerprint density at radius 2 is 2.18 bits per heavy atom. The SMILES string of the molecule is CCOCC(C)NCc1cn(C(C)(C)C)nn1. The molecule has 0 amide bonds. The van der Waals surface area contributed by atoms with E-state index in [9.17, 15) is 0 Å². The molecule has 98 valence electrons. The molecule has 17 heavy (non-hydrogen) atoms. The highest BCUT2D eigenvalue weighted by atomic mass is 16.5. The molecule has 0 aromatic carbocycles. The Morgan fingerprint density at radius 3 is 2.71 bits per heavy atom. The zero-order valence-electron chi connectivity index (χ0n) is 11.5. The third-order valence-corrected chi connectivity index (χ3v) is 2.43. The molecular weight excluding hydrogens is 216 g/mol. The maximum Gasteiger partial charge on any atom is 0.0965 e. The fourth-order valence-corrected chi connectivity index (χ4v) is 1.34. The highest BCUT2D eigenvalue weighted by Crippen LogP contribution is 2.11. The molecule has 0 aliphatic rings. The van der Waals surface area contributed by atoms with E-state index in [-0.39, 0.29) is 5.54 Å². The second-order valence-electron chi connectivity index (χ2n) is 5.27. The number of aromatic nitrogens is 3. The average molecular weight is 240 g/mol. The van der Waals surface area contributed by atoms with Crippen LogP contribution in [-0.4, -0.2) is 34.2 Å². The first-order chi connectivity index (χ1) is 7.93. The molecule has 0 aliphatic carbocycles. The maximum absolute atomic E-state index is 5.34. The van der Waals surface area contributed by atoms with Crippen molar-refractivity contribution in [2.75, 3.05) is 13.2 Å². The van der Waals surface area contributed by atoms with E-state index in [4.69, 9.17) is 4.74 Å². The molecule has 5 heteroatoms. The summed E-state index contributed by atoms with van der Waals surface area (Å²) in [7, 11) is 0. The van der Waals surface area contributed by atoms with E-state index in [0.29, 0.717) is 6.04 Å². The predicted octanol–water partition coefficient (Wildman–Crippen LogP) is 1.55. The van der Waals surface area contributed by atoms with Crippen molar-refractivity contribution in [2.24, 2.45) is 0 Å². The Balaban J connectivity index is 2.40. The quantitative estimate of drug-likeness (QED) is 0.819. The van der Waals surface area contributed by atoms with Crippen LogP contribution in [0.25, 0.3) is 0 Å². The second kappa shape index (κ2) is 6.12. The van der Waals surface area contributed by atoms with E-state index < -0.39 is 0 Å². The first kappa shape index (κ1) is 14.1. The number of hydrogen-bond acceptors (Lipinski definition) is 4. The summed E-state index contributed by atoms with van der Waals surface area (Å²) < 4.78 is 7.23. The second-order valence-corrected chi connectivity index (χ2v) is 5.27. The van der Waals surface area contributed by atoms with E-state index in [1.165, 1.54) is 0 Å². The Bertz CT molecular complexity index is 329. The fraction of sp³-hybridized carbons (Fsp3) is 0.833. The van der Waals surface area contributed by atoms with Crippen LogP contribution in [-0.2, 0) is 16.8 Å². The van der Waals surface area contributed by atoms with E-state index in [2.05, 4.69) is 43.3 Å². The van der Waals surface area contributed by atoms with Crippen molar-refractivity contribution in [1.29, 1.82) is 0 Å². The fourth-order valence-electron chi connectivity index (χ4n) is 1.34. The minimum Gasteiger partial charge on any atom is -0.380 e. The van der Waals surface area contributed by atoms with Gasteiger partial charge in [-0.3, -0.25) is 0 Å². The lowest BCUT2D eigenvalue weighted by Gasteiger charge is -2.17. The first-order valence-corrected chi connectivity index (χ1v) is 6.16.